The normalized spacial score (nSPS) is 10.4. The Morgan fingerprint density at radius 1 is 1.38 bits per heavy atom. The van der Waals surface area contributed by atoms with Crippen LogP contribution in [0.2, 0.25) is 0 Å². The average Bonchev–Trinajstić information content (AvgIpc) is 2.25. The van der Waals surface area contributed by atoms with E-state index in [1.807, 2.05) is 45.3 Å². The summed E-state index contributed by atoms with van der Waals surface area (Å²) in [5.41, 5.74) is 1.13. The molecule has 0 aromatic rings. The highest BCUT2D eigenvalue weighted by molar-refractivity contribution is 7.59. The third-order valence-corrected chi connectivity index (χ3v) is 1.44. The number of hydrogen-bond acceptors (Lipinski definition) is 2. The molecule has 0 radical (unpaired) electrons. The minimum atomic E-state index is 0. The topological polar surface area (TPSA) is 21.3 Å². The van der Waals surface area contributed by atoms with Crippen LogP contribution in [0.4, 0.5) is 0 Å². The van der Waals surface area contributed by atoms with E-state index in [9.17, 15) is 0 Å². The van der Waals surface area contributed by atoms with Gasteiger partial charge in [0, 0.05) is 6.61 Å². The highest BCUT2D eigenvalue weighted by Gasteiger charge is 1.81. The van der Waals surface area contributed by atoms with Crippen LogP contribution in [0.1, 0.15) is 20.3 Å². The zero-order chi connectivity index (χ0) is 11.9. The van der Waals surface area contributed by atoms with Gasteiger partial charge in [0.05, 0.1) is 6.61 Å². The van der Waals surface area contributed by atoms with E-state index in [2.05, 4.69) is 18.8 Å². The maximum absolute atomic E-state index is 5.27. The lowest BCUT2D eigenvalue weighted by Crippen LogP contribution is -1.91. The first kappa shape index (κ1) is 20.8. The van der Waals surface area contributed by atoms with Crippen LogP contribution < -0.4 is 5.32 Å². The Bertz CT molecular complexity index is 188. The lowest BCUT2D eigenvalue weighted by Gasteiger charge is -1.95. The van der Waals surface area contributed by atoms with Crippen molar-refractivity contribution in [2.24, 2.45) is 0 Å². The number of hydrogen-bond donors (Lipinski definition) is 1. The van der Waals surface area contributed by atoms with Crippen molar-refractivity contribution in [1.82, 2.24) is 5.32 Å². The van der Waals surface area contributed by atoms with Crippen LogP contribution in [-0.2, 0) is 4.74 Å². The fraction of sp³-hybridized carbons (Fsp3) is 0.538. The summed E-state index contributed by atoms with van der Waals surface area (Å²) in [7, 11) is 3.75. The minimum Gasteiger partial charge on any atom is -0.377 e. The fourth-order valence-corrected chi connectivity index (χ4v) is 0.762. The van der Waals surface area contributed by atoms with Gasteiger partial charge in [-0.2, -0.15) is 13.5 Å². The Labute approximate surface area is 108 Å². The molecule has 0 amide bonds. The Balaban J connectivity index is -0.000000377. The summed E-state index contributed by atoms with van der Waals surface area (Å²) < 4.78 is 5.27. The van der Waals surface area contributed by atoms with E-state index in [1.54, 1.807) is 0 Å². The zero-order valence-corrected chi connectivity index (χ0v) is 12.0. The monoisotopic (exact) mass is 245 g/mol. The van der Waals surface area contributed by atoms with Crippen LogP contribution in [0.15, 0.2) is 36.5 Å². The van der Waals surface area contributed by atoms with Crippen LogP contribution >= 0.6 is 13.5 Å². The molecular weight excluding hydrogens is 218 g/mol. The summed E-state index contributed by atoms with van der Waals surface area (Å²) >= 11 is 0. The van der Waals surface area contributed by atoms with Crippen LogP contribution in [0.5, 0.6) is 0 Å². The molecule has 1 N–H and O–H groups in total. The van der Waals surface area contributed by atoms with E-state index in [4.69, 9.17) is 4.74 Å². The average molecular weight is 245 g/mol. The van der Waals surface area contributed by atoms with E-state index in [1.165, 1.54) is 0 Å². The minimum absolute atomic E-state index is 0. The molecule has 0 heterocycles. The van der Waals surface area contributed by atoms with Crippen LogP contribution in [0, 0.1) is 0 Å². The van der Waals surface area contributed by atoms with Crippen molar-refractivity contribution < 1.29 is 4.74 Å². The summed E-state index contributed by atoms with van der Waals surface area (Å²) in [6, 6.07) is 0. The van der Waals surface area contributed by atoms with Gasteiger partial charge in [0.25, 0.3) is 0 Å². The third kappa shape index (κ3) is 19.1. The Hall–Kier alpha value is -0.510. The molecule has 0 aliphatic carbocycles. The van der Waals surface area contributed by atoms with Gasteiger partial charge in [0.15, 0.2) is 0 Å². The molecule has 0 unspecified atom stereocenters. The largest absolute Gasteiger partial charge is 0.377 e. The smallest absolute Gasteiger partial charge is 0.0650 e. The molecule has 0 rings (SSSR count). The molecule has 0 aromatic carbocycles. The standard InChI is InChI=1S/C11H18O.C2H7N.H2S/c1-4-9-12-10-7-8-11(5-2)6-3;1-3-2;/h5-8H,2,4,9-10H2,1,3H3;3H,1-2H3;1H2/b8-7-,11-6-;;. The number of ether oxygens (including phenoxy) is 1. The first-order valence-corrected chi connectivity index (χ1v) is 5.38. The van der Waals surface area contributed by atoms with Gasteiger partial charge in [-0.3, -0.25) is 0 Å². The molecule has 96 valence electrons. The van der Waals surface area contributed by atoms with Crippen molar-refractivity contribution in [3.8, 4) is 0 Å². The summed E-state index contributed by atoms with van der Waals surface area (Å²) in [5, 5.41) is 2.75. The first-order chi connectivity index (χ1) is 7.26. The molecule has 0 atom stereocenters. The lowest BCUT2D eigenvalue weighted by atomic mass is 10.2. The van der Waals surface area contributed by atoms with Gasteiger partial charge in [-0.25, -0.2) is 0 Å². The molecule has 2 nitrogen and oxygen atoms in total. The number of allylic oxidation sites excluding steroid dienone is 4. The van der Waals surface area contributed by atoms with Gasteiger partial charge in [-0.15, -0.1) is 0 Å². The maximum Gasteiger partial charge on any atom is 0.0650 e. The van der Waals surface area contributed by atoms with Gasteiger partial charge in [-0.1, -0.05) is 37.8 Å². The van der Waals surface area contributed by atoms with Gasteiger partial charge in [-0.05, 0) is 33.0 Å². The molecule has 0 aliphatic heterocycles. The SMILES string of the molecule is C=CC(/C=C\COCCC)=C/C.CNC.S. The number of nitrogens with one attached hydrogen (secondary N) is 1. The molecule has 0 fully saturated rings. The van der Waals surface area contributed by atoms with E-state index in [0.29, 0.717) is 6.61 Å². The van der Waals surface area contributed by atoms with E-state index >= 15 is 0 Å². The van der Waals surface area contributed by atoms with Crippen LogP contribution in [0.3, 0.4) is 0 Å². The van der Waals surface area contributed by atoms with Crippen molar-refractivity contribution in [3.05, 3.63) is 36.5 Å². The van der Waals surface area contributed by atoms with Crippen molar-refractivity contribution in [2.45, 2.75) is 20.3 Å². The number of rotatable bonds is 6. The molecule has 0 aromatic heterocycles. The first-order valence-electron chi connectivity index (χ1n) is 5.38. The van der Waals surface area contributed by atoms with Gasteiger partial charge in [0.2, 0.25) is 0 Å². The van der Waals surface area contributed by atoms with Crippen LogP contribution in [-0.4, -0.2) is 27.3 Å². The predicted molar refractivity (Wildman–Crippen MR) is 79.6 cm³/mol. The molecular formula is C13H27NOS. The van der Waals surface area contributed by atoms with Crippen molar-refractivity contribution in [3.63, 3.8) is 0 Å². The highest BCUT2D eigenvalue weighted by Crippen LogP contribution is 1.96. The van der Waals surface area contributed by atoms with E-state index < -0.39 is 0 Å². The predicted octanol–water partition coefficient (Wildman–Crippen LogP) is 3.05. The van der Waals surface area contributed by atoms with Crippen molar-refractivity contribution in [1.29, 1.82) is 0 Å². The van der Waals surface area contributed by atoms with Gasteiger partial charge >= 0.3 is 0 Å². The summed E-state index contributed by atoms with van der Waals surface area (Å²) in [5.74, 6) is 0. The Morgan fingerprint density at radius 2 is 1.94 bits per heavy atom. The van der Waals surface area contributed by atoms with Crippen LogP contribution in [0.25, 0.3) is 0 Å². The molecule has 16 heavy (non-hydrogen) atoms. The second kappa shape index (κ2) is 20.0. The molecule has 0 spiro atoms. The quantitative estimate of drug-likeness (QED) is 0.573. The third-order valence-electron chi connectivity index (χ3n) is 1.44. The maximum atomic E-state index is 5.27. The molecule has 3 heteroatoms. The molecule has 0 aliphatic rings. The molecule has 0 saturated heterocycles. The molecule has 0 saturated carbocycles. The highest BCUT2D eigenvalue weighted by atomic mass is 32.1. The lowest BCUT2D eigenvalue weighted by molar-refractivity contribution is 0.163. The van der Waals surface area contributed by atoms with Crippen molar-refractivity contribution >= 4 is 13.5 Å². The summed E-state index contributed by atoms with van der Waals surface area (Å²) in [6.45, 7) is 9.31. The Morgan fingerprint density at radius 3 is 2.31 bits per heavy atom. The Kier molecular flexibility index (Phi) is 26.0. The molecule has 0 bridgehead atoms. The van der Waals surface area contributed by atoms with Crippen molar-refractivity contribution in [2.75, 3.05) is 27.3 Å². The van der Waals surface area contributed by atoms with E-state index in [-0.39, 0.29) is 13.5 Å². The second-order valence-corrected chi connectivity index (χ2v) is 2.97. The van der Waals surface area contributed by atoms with E-state index in [0.717, 1.165) is 18.6 Å². The fourth-order valence-electron chi connectivity index (χ4n) is 0.762. The summed E-state index contributed by atoms with van der Waals surface area (Å²) in [6.07, 6.45) is 8.95. The van der Waals surface area contributed by atoms with Gasteiger partial charge in [0.1, 0.15) is 0 Å². The summed E-state index contributed by atoms with van der Waals surface area (Å²) in [4.78, 5) is 0. The zero-order valence-electron chi connectivity index (χ0n) is 11.0. The van der Waals surface area contributed by atoms with Gasteiger partial charge < -0.3 is 10.1 Å². The second-order valence-electron chi connectivity index (χ2n) is 2.97.